The molecule has 5 heteroatoms. The zero-order chi connectivity index (χ0) is 17.4. The molecule has 0 bridgehead atoms. The number of hydrazone groups is 1. The van der Waals surface area contributed by atoms with E-state index in [0.29, 0.717) is 5.75 Å². The van der Waals surface area contributed by atoms with E-state index in [1.54, 1.807) is 24.5 Å². The van der Waals surface area contributed by atoms with Gasteiger partial charge >= 0.3 is 0 Å². The monoisotopic (exact) mass is 326 g/mol. The molecule has 0 aliphatic heterocycles. The van der Waals surface area contributed by atoms with E-state index in [0.717, 1.165) is 11.3 Å². The highest BCUT2D eigenvalue weighted by molar-refractivity contribution is 5.81. The SMILES string of the molecule is CC(C)(C)c1ccccc1OCC(=O)N/N=C\C=C\c1ccco1. The largest absolute Gasteiger partial charge is 0.483 e. The summed E-state index contributed by atoms with van der Waals surface area (Å²) < 4.78 is 10.8. The third kappa shape index (κ3) is 5.43. The first kappa shape index (κ1) is 17.5. The van der Waals surface area contributed by atoms with Crippen molar-refractivity contribution in [2.45, 2.75) is 26.2 Å². The minimum Gasteiger partial charge on any atom is -0.483 e. The lowest BCUT2D eigenvalue weighted by Gasteiger charge is -2.22. The van der Waals surface area contributed by atoms with Crippen LogP contribution in [-0.2, 0) is 10.2 Å². The Balaban J connectivity index is 1.81. The Labute approximate surface area is 142 Å². The van der Waals surface area contributed by atoms with E-state index in [2.05, 4.69) is 31.3 Å². The van der Waals surface area contributed by atoms with E-state index < -0.39 is 0 Å². The van der Waals surface area contributed by atoms with Gasteiger partial charge in [0.25, 0.3) is 5.91 Å². The fourth-order valence-corrected chi connectivity index (χ4v) is 2.06. The third-order valence-corrected chi connectivity index (χ3v) is 3.21. The lowest BCUT2D eigenvalue weighted by Crippen LogP contribution is -2.25. The molecule has 1 amide bonds. The van der Waals surface area contributed by atoms with Crippen molar-refractivity contribution in [2.24, 2.45) is 5.10 Å². The highest BCUT2D eigenvalue weighted by atomic mass is 16.5. The van der Waals surface area contributed by atoms with Gasteiger partial charge in [-0.25, -0.2) is 5.43 Å². The van der Waals surface area contributed by atoms with Crippen LogP contribution in [0, 0.1) is 0 Å². The Morgan fingerprint density at radius 3 is 2.75 bits per heavy atom. The number of nitrogens with one attached hydrogen (secondary N) is 1. The molecular weight excluding hydrogens is 304 g/mol. The first-order valence-corrected chi connectivity index (χ1v) is 7.71. The molecule has 2 rings (SSSR count). The number of para-hydroxylation sites is 1. The van der Waals surface area contributed by atoms with Gasteiger partial charge in [0.05, 0.1) is 6.26 Å². The van der Waals surface area contributed by atoms with Gasteiger partial charge in [-0.1, -0.05) is 39.0 Å². The number of allylic oxidation sites excluding steroid dienone is 1. The van der Waals surface area contributed by atoms with E-state index in [-0.39, 0.29) is 17.9 Å². The normalized spacial score (nSPS) is 12.0. The quantitative estimate of drug-likeness (QED) is 0.649. The highest BCUT2D eigenvalue weighted by Gasteiger charge is 2.18. The van der Waals surface area contributed by atoms with Crippen molar-refractivity contribution in [1.82, 2.24) is 5.43 Å². The van der Waals surface area contributed by atoms with E-state index in [1.807, 2.05) is 30.3 Å². The second kappa shape index (κ2) is 8.15. The molecule has 5 nitrogen and oxygen atoms in total. The molecule has 1 aromatic carbocycles. The Bertz CT molecular complexity index is 710. The van der Waals surface area contributed by atoms with Crippen LogP contribution in [0.15, 0.2) is 58.3 Å². The van der Waals surface area contributed by atoms with Crippen LogP contribution in [0.2, 0.25) is 0 Å². The summed E-state index contributed by atoms with van der Waals surface area (Å²) in [5.41, 5.74) is 3.42. The van der Waals surface area contributed by atoms with Gasteiger partial charge in [0, 0.05) is 6.21 Å². The van der Waals surface area contributed by atoms with Gasteiger partial charge in [-0.2, -0.15) is 5.10 Å². The van der Waals surface area contributed by atoms with Crippen LogP contribution in [0.3, 0.4) is 0 Å². The standard InChI is InChI=1S/C19H22N2O3/c1-19(2,3)16-10-4-5-11-17(16)24-14-18(22)21-20-12-6-8-15-9-7-13-23-15/h4-13H,14H2,1-3H3,(H,21,22)/b8-6+,20-12-. The van der Waals surface area contributed by atoms with Crippen LogP contribution in [-0.4, -0.2) is 18.7 Å². The number of benzene rings is 1. The first-order chi connectivity index (χ1) is 11.5. The van der Waals surface area contributed by atoms with E-state index >= 15 is 0 Å². The molecular formula is C19H22N2O3. The van der Waals surface area contributed by atoms with E-state index in [1.165, 1.54) is 6.21 Å². The molecule has 0 saturated carbocycles. The van der Waals surface area contributed by atoms with Crippen LogP contribution >= 0.6 is 0 Å². The summed E-state index contributed by atoms with van der Waals surface area (Å²) in [5.74, 6) is 1.11. The van der Waals surface area contributed by atoms with Gasteiger partial charge in [-0.3, -0.25) is 4.79 Å². The summed E-state index contributed by atoms with van der Waals surface area (Å²) in [5, 5.41) is 3.82. The van der Waals surface area contributed by atoms with Crippen molar-refractivity contribution in [2.75, 3.05) is 6.61 Å². The summed E-state index contributed by atoms with van der Waals surface area (Å²) in [7, 11) is 0. The lowest BCUT2D eigenvalue weighted by molar-refractivity contribution is -0.123. The summed E-state index contributed by atoms with van der Waals surface area (Å²) >= 11 is 0. The number of rotatable bonds is 6. The third-order valence-electron chi connectivity index (χ3n) is 3.21. The Hall–Kier alpha value is -2.82. The molecule has 0 aliphatic rings. The fourth-order valence-electron chi connectivity index (χ4n) is 2.06. The number of carbonyl (C=O) groups excluding carboxylic acids is 1. The maximum Gasteiger partial charge on any atom is 0.277 e. The summed E-state index contributed by atoms with van der Waals surface area (Å²) in [6.07, 6.45) is 6.48. The zero-order valence-corrected chi connectivity index (χ0v) is 14.2. The molecule has 126 valence electrons. The molecule has 0 radical (unpaired) electrons. The molecule has 0 spiro atoms. The average Bonchev–Trinajstić information content (AvgIpc) is 3.05. The molecule has 0 aliphatic carbocycles. The summed E-state index contributed by atoms with van der Waals surface area (Å²) in [6.45, 7) is 6.22. The second-order valence-corrected chi connectivity index (χ2v) is 6.22. The van der Waals surface area contributed by atoms with Gasteiger partial charge in [0.2, 0.25) is 0 Å². The van der Waals surface area contributed by atoms with Gasteiger partial charge in [0.15, 0.2) is 6.61 Å². The predicted octanol–water partition coefficient (Wildman–Crippen LogP) is 3.77. The minimum atomic E-state index is -0.318. The Morgan fingerprint density at radius 1 is 1.25 bits per heavy atom. The number of amides is 1. The van der Waals surface area contributed by atoms with E-state index in [9.17, 15) is 4.79 Å². The van der Waals surface area contributed by atoms with Crippen molar-refractivity contribution in [3.8, 4) is 5.75 Å². The van der Waals surface area contributed by atoms with Gasteiger partial charge in [0.1, 0.15) is 11.5 Å². The minimum absolute atomic E-state index is 0.0537. The van der Waals surface area contributed by atoms with Crippen LogP contribution in [0.25, 0.3) is 6.08 Å². The van der Waals surface area contributed by atoms with Crippen LogP contribution in [0.1, 0.15) is 32.1 Å². The summed E-state index contributed by atoms with van der Waals surface area (Å²) in [4.78, 5) is 11.8. The van der Waals surface area contributed by atoms with Crippen molar-refractivity contribution in [3.63, 3.8) is 0 Å². The topological polar surface area (TPSA) is 63.8 Å². The first-order valence-electron chi connectivity index (χ1n) is 7.71. The molecule has 1 aromatic heterocycles. The fraction of sp³-hybridized carbons (Fsp3) is 0.263. The van der Waals surface area contributed by atoms with E-state index in [4.69, 9.17) is 9.15 Å². The maximum atomic E-state index is 11.8. The van der Waals surface area contributed by atoms with Crippen LogP contribution < -0.4 is 10.2 Å². The number of furan rings is 1. The molecule has 1 heterocycles. The Kier molecular flexibility index (Phi) is 5.95. The smallest absolute Gasteiger partial charge is 0.277 e. The van der Waals surface area contributed by atoms with Crippen LogP contribution in [0.5, 0.6) is 5.75 Å². The molecule has 24 heavy (non-hydrogen) atoms. The van der Waals surface area contributed by atoms with Crippen molar-refractivity contribution < 1.29 is 13.9 Å². The summed E-state index contributed by atoms with van der Waals surface area (Å²) in [6, 6.07) is 11.3. The molecule has 1 N–H and O–H groups in total. The molecule has 0 saturated heterocycles. The molecule has 0 unspecified atom stereocenters. The molecule has 0 atom stereocenters. The highest BCUT2D eigenvalue weighted by Crippen LogP contribution is 2.30. The number of carbonyl (C=O) groups is 1. The van der Waals surface area contributed by atoms with Gasteiger partial charge in [-0.15, -0.1) is 0 Å². The predicted molar refractivity (Wildman–Crippen MR) is 95.0 cm³/mol. The maximum absolute atomic E-state index is 11.8. The van der Waals surface area contributed by atoms with Crippen molar-refractivity contribution >= 4 is 18.2 Å². The van der Waals surface area contributed by atoms with Gasteiger partial charge < -0.3 is 9.15 Å². The number of ether oxygens (including phenoxy) is 1. The van der Waals surface area contributed by atoms with Gasteiger partial charge in [-0.05, 0) is 41.3 Å². The Morgan fingerprint density at radius 2 is 2.04 bits per heavy atom. The average molecular weight is 326 g/mol. The molecule has 0 fully saturated rings. The number of nitrogens with zero attached hydrogens (tertiary/aromatic N) is 1. The molecule has 2 aromatic rings. The second-order valence-electron chi connectivity index (χ2n) is 6.22. The zero-order valence-electron chi connectivity index (χ0n) is 14.2. The van der Waals surface area contributed by atoms with Crippen molar-refractivity contribution in [3.05, 3.63) is 60.1 Å². The lowest BCUT2D eigenvalue weighted by atomic mass is 9.86. The van der Waals surface area contributed by atoms with Crippen molar-refractivity contribution in [1.29, 1.82) is 0 Å². The number of hydrogen-bond acceptors (Lipinski definition) is 4. The number of hydrogen-bond donors (Lipinski definition) is 1. The van der Waals surface area contributed by atoms with Crippen LogP contribution in [0.4, 0.5) is 0 Å².